The summed E-state index contributed by atoms with van der Waals surface area (Å²) < 4.78 is 5.22. The molecular formula is C9H10N2O3. The molecule has 1 aliphatic heterocycles. The third-order valence-corrected chi connectivity index (χ3v) is 2.27. The van der Waals surface area contributed by atoms with Crippen LogP contribution in [0.3, 0.4) is 0 Å². The standard InChI is InChI=1S/C9H10N2O3/c10-8-5-14-9(8)6-2-1-3-7(4-6)11(12)13/h1-4,8-9H,5,10H2. The van der Waals surface area contributed by atoms with Crippen LogP contribution in [0.4, 0.5) is 5.69 Å². The van der Waals surface area contributed by atoms with Crippen LogP contribution in [0.15, 0.2) is 24.3 Å². The molecule has 2 atom stereocenters. The summed E-state index contributed by atoms with van der Waals surface area (Å²) >= 11 is 0. The van der Waals surface area contributed by atoms with Gasteiger partial charge in [0.05, 0.1) is 17.6 Å². The Kier molecular flexibility index (Phi) is 2.18. The van der Waals surface area contributed by atoms with Crippen LogP contribution in [0.1, 0.15) is 11.7 Å². The van der Waals surface area contributed by atoms with Gasteiger partial charge in [-0.1, -0.05) is 12.1 Å². The molecule has 5 nitrogen and oxygen atoms in total. The summed E-state index contributed by atoms with van der Waals surface area (Å²) in [4.78, 5) is 10.1. The van der Waals surface area contributed by atoms with E-state index in [1.165, 1.54) is 12.1 Å². The number of nitro groups is 1. The third kappa shape index (κ3) is 1.47. The fourth-order valence-corrected chi connectivity index (χ4v) is 1.46. The summed E-state index contributed by atoms with van der Waals surface area (Å²) in [6.07, 6.45) is -0.185. The second-order valence-electron chi connectivity index (χ2n) is 3.27. The SMILES string of the molecule is NC1COC1c1cccc([N+](=O)[O-])c1. The number of nitrogens with two attached hydrogens (primary N) is 1. The van der Waals surface area contributed by atoms with Gasteiger partial charge >= 0.3 is 0 Å². The number of benzene rings is 1. The predicted molar refractivity (Wildman–Crippen MR) is 49.8 cm³/mol. The Morgan fingerprint density at radius 2 is 2.36 bits per heavy atom. The number of ether oxygens (including phenoxy) is 1. The molecule has 2 unspecified atom stereocenters. The van der Waals surface area contributed by atoms with E-state index in [0.717, 1.165) is 5.56 Å². The molecule has 0 saturated carbocycles. The normalized spacial score (nSPS) is 25.5. The lowest BCUT2D eigenvalue weighted by atomic mass is 9.99. The Labute approximate surface area is 80.6 Å². The average Bonchev–Trinajstić information content (AvgIpc) is 2.16. The van der Waals surface area contributed by atoms with E-state index in [4.69, 9.17) is 10.5 Å². The fraction of sp³-hybridized carbons (Fsp3) is 0.333. The number of non-ortho nitro benzene ring substituents is 1. The van der Waals surface area contributed by atoms with Crippen molar-refractivity contribution in [2.45, 2.75) is 12.1 Å². The Hall–Kier alpha value is -1.46. The highest BCUT2D eigenvalue weighted by Gasteiger charge is 2.30. The summed E-state index contributed by atoms with van der Waals surface area (Å²) in [6, 6.07) is 6.34. The molecule has 14 heavy (non-hydrogen) atoms. The second-order valence-corrected chi connectivity index (χ2v) is 3.27. The van der Waals surface area contributed by atoms with E-state index in [9.17, 15) is 10.1 Å². The lowest BCUT2D eigenvalue weighted by molar-refractivity contribution is -0.385. The molecule has 0 aliphatic carbocycles. The van der Waals surface area contributed by atoms with Crippen LogP contribution in [0.2, 0.25) is 0 Å². The molecule has 1 aliphatic rings. The van der Waals surface area contributed by atoms with Crippen LogP contribution >= 0.6 is 0 Å². The van der Waals surface area contributed by atoms with Gasteiger partial charge in [-0.25, -0.2) is 0 Å². The highest BCUT2D eigenvalue weighted by Crippen LogP contribution is 2.30. The van der Waals surface area contributed by atoms with E-state index in [-0.39, 0.29) is 17.8 Å². The zero-order valence-corrected chi connectivity index (χ0v) is 7.42. The zero-order valence-electron chi connectivity index (χ0n) is 7.42. The van der Waals surface area contributed by atoms with Crippen LogP contribution in [0, 0.1) is 10.1 Å². The fourth-order valence-electron chi connectivity index (χ4n) is 1.46. The van der Waals surface area contributed by atoms with Crippen molar-refractivity contribution in [3.8, 4) is 0 Å². The monoisotopic (exact) mass is 194 g/mol. The molecule has 1 heterocycles. The van der Waals surface area contributed by atoms with Gasteiger partial charge in [0.2, 0.25) is 0 Å². The molecule has 74 valence electrons. The van der Waals surface area contributed by atoms with Gasteiger partial charge in [-0.3, -0.25) is 10.1 Å². The summed E-state index contributed by atoms with van der Waals surface area (Å²) in [6.45, 7) is 0.521. The molecular weight excluding hydrogens is 184 g/mol. The quantitative estimate of drug-likeness (QED) is 0.562. The molecule has 5 heteroatoms. The molecule has 0 amide bonds. The maximum absolute atomic E-state index is 10.5. The van der Waals surface area contributed by atoms with Crippen molar-refractivity contribution in [3.63, 3.8) is 0 Å². The Morgan fingerprint density at radius 3 is 2.86 bits per heavy atom. The number of hydrogen-bond donors (Lipinski definition) is 1. The Morgan fingerprint density at radius 1 is 1.57 bits per heavy atom. The first-order chi connectivity index (χ1) is 6.68. The van der Waals surface area contributed by atoms with E-state index in [2.05, 4.69) is 0 Å². The van der Waals surface area contributed by atoms with Crippen molar-refractivity contribution in [2.24, 2.45) is 5.73 Å². The molecule has 0 bridgehead atoms. The molecule has 2 N–H and O–H groups in total. The van der Waals surface area contributed by atoms with Crippen LogP contribution in [0.5, 0.6) is 0 Å². The maximum Gasteiger partial charge on any atom is 0.269 e. The highest BCUT2D eigenvalue weighted by atomic mass is 16.6. The molecule has 2 rings (SSSR count). The van der Waals surface area contributed by atoms with Crippen molar-refractivity contribution in [3.05, 3.63) is 39.9 Å². The number of nitrogens with zero attached hydrogens (tertiary/aromatic N) is 1. The Balaban J connectivity index is 2.26. The van der Waals surface area contributed by atoms with Gasteiger partial charge in [0, 0.05) is 12.1 Å². The smallest absolute Gasteiger partial charge is 0.269 e. The van der Waals surface area contributed by atoms with Crippen molar-refractivity contribution in [1.82, 2.24) is 0 Å². The summed E-state index contributed by atoms with van der Waals surface area (Å²) in [5.74, 6) is 0. The van der Waals surface area contributed by atoms with Crippen molar-refractivity contribution < 1.29 is 9.66 Å². The Bertz CT molecular complexity index is 367. The van der Waals surface area contributed by atoms with Gasteiger partial charge in [-0.15, -0.1) is 0 Å². The van der Waals surface area contributed by atoms with Gasteiger partial charge in [0.15, 0.2) is 0 Å². The minimum atomic E-state index is -0.423. The second kappa shape index (κ2) is 3.36. The van der Waals surface area contributed by atoms with Crippen LogP contribution in [-0.2, 0) is 4.74 Å². The average molecular weight is 194 g/mol. The van der Waals surface area contributed by atoms with Crippen molar-refractivity contribution in [1.29, 1.82) is 0 Å². The first-order valence-electron chi connectivity index (χ1n) is 4.30. The van der Waals surface area contributed by atoms with E-state index < -0.39 is 4.92 Å². The molecule has 0 spiro atoms. The summed E-state index contributed by atoms with van der Waals surface area (Å²) in [5.41, 5.74) is 6.54. The van der Waals surface area contributed by atoms with Gasteiger partial charge in [-0.2, -0.15) is 0 Å². The molecule has 0 radical (unpaired) electrons. The molecule has 1 aromatic carbocycles. The first kappa shape index (κ1) is 9.11. The number of rotatable bonds is 2. The van der Waals surface area contributed by atoms with Gasteiger partial charge in [-0.05, 0) is 5.56 Å². The minimum absolute atomic E-state index is 0.0444. The summed E-state index contributed by atoms with van der Waals surface area (Å²) in [5, 5.41) is 10.5. The highest BCUT2D eigenvalue weighted by molar-refractivity contribution is 5.36. The minimum Gasteiger partial charge on any atom is -0.370 e. The molecule has 1 saturated heterocycles. The van der Waals surface area contributed by atoms with Gasteiger partial charge < -0.3 is 10.5 Å². The number of hydrogen-bond acceptors (Lipinski definition) is 4. The summed E-state index contributed by atoms with van der Waals surface area (Å²) in [7, 11) is 0. The third-order valence-electron chi connectivity index (χ3n) is 2.27. The molecule has 0 aromatic heterocycles. The van der Waals surface area contributed by atoms with Gasteiger partial charge in [0.25, 0.3) is 5.69 Å². The van der Waals surface area contributed by atoms with Crippen LogP contribution < -0.4 is 5.73 Å². The van der Waals surface area contributed by atoms with Crippen LogP contribution in [-0.4, -0.2) is 17.6 Å². The molecule has 1 fully saturated rings. The van der Waals surface area contributed by atoms with Crippen LogP contribution in [0.25, 0.3) is 0 Å². The van der Waals surface area contributed by atoms with E-state index in [1.807, 2.05) is 0 Å². The number of nitro benzene ring substituents is 1. The van der Waals surface area contributed by atoms with E-state index in [1.54, 1.807) is 12.1 Å². The van der Waals surface area contributed by atoms with E-state index in [0.29, 0.717) is 6.61 Å². The lowest BCUT2D eigenvalue weighted by Gasteiger charge is -2.34. The first-order valence-corrected chi connectivity index (χ1v) is 4.30. The lowest BCUT2D eigenvalue weighted by Crippen LogP contribution is -2.44. The zero-order chi connectivity index (χ0) is 10.1. The van der Waals surface area contributed by atoms with Crippen molar-refractivity contribution in [2.75, 3.05) is 6.61 Å². The van der Waals surface area contributed by atoms with Crippen molar-refractivity contribution >= 4 is 5.69 Å². The predicted octanol–water partition coefficient (Wildman–Crippen LogP) is 0.993. The largest absolute Gasteiger partial charge is 0.370 e. The maximum atomic E-state index is 10.5. The van der Waals surface area contributed by atoms with E-state index >= 15 is 0 Å². The molecule has 1 aromatic rings. The van der Waals surface area contributed by atoms with Gasteiger partial charge in [0.1, 0.15) is 6.10 Å². The topological polar surface area (TPSA) is 78.4 Å².